The third kappa shape index (κ3) is 5.51. The van der Waals surface area contributed by atoms with Crippen LogP contribution in [-0.4, -0.2) is 24.0 Å². The van der Waals surface area contributed by atoms with Crippen molar-refractivity contribution in [3.63, 3.8) is 0 Å². The van der Waals surface area contributed by atoms with Crippen molar-refractivity contribution in [2.75, 3.05) is 13.1 Å². The van der Waals surface area contributed by atoms with Gasteiger partial charge in [0.05, 0.1) is 12.5 Å². The van der Waals surface area contributed by atoms with Crippen LogP contribution >= 0.6 is 0 Å². The summed E-state index contributed by atoms with van der Waals surface area (Å²) in [4.78, 5) is 15.5. The van der Waals surface area contributed by atoms with E-state index >= 15 is 0 Å². The first-order valence-corrected chi connectivity index (χ1v) is 11.3. The van der Waals surface area contributed by atoms with Gasteiger partial charge in [0.1, 0.15) is 18.1 Å². The summed E-state index contributed by atoms with van der Waals surface area (Å²) < 4.78 is 11.7. The molecule has 4 heteroatoms. The lowest BCUT2D eigenvalue weighted by atomic mass is 9.77. The lowest BCUT2D eigenvalue weighted by molar-refractivity contribution is -0.149. The molecule has 1 saturated heterocycles. The second-order valence-corrected chi connectivity index (χ2v) is 8.60. The van der Waals surface area contributed by atoms with Gasteiger partial charge in [0.25, 0.3) is 0 Å². The number of carbonyl (C=O) groups excluding carboxylic acids is 1. The zero-order valence-corrected chi connectivity index (χ0v) is 17.4. The van der Waals surface area contributed by atoms with Crippen molar-refractivity contribution in [2.45, 2.75) is 70.4 Å². The van der Waals surface area contributed by atoms with Crippen molar-refractivity contribution in [1.82, 2.24) is 4.90 Å². The molecular weight excluding hydrogens is 362 g/mol. The minimum absolute atomic E-state index is 0.114. The van der Waals surface area contributed by atoms with E-state index in [-0.39, 0.29) is 18.5 Å². The van der Waals surface area contributed by atoms with E-state index in [2.05, 4.69) is 17.0 Å². The van der Waals surface area contributed by atoms with E-state index in [1.165, 1.54) is 38.5 Å². The van der Waals surface area contributed by atoms with Crippen LogP contribution in [0.4, 0.5) is 0 Å². The fourth-order valence-electron chi connectivity index (χ4n) is 4.88. The predicted octanol–water partition coefficient (Wildman–Crippen LogP) is 5.67. The number of likely N-dealkylation sites (tertiary alicyclic amines) is 1. The number of ether oxygens (including phenoxy) is 1. The summed E-state index contributed by atoms with van der Waals surface area (Å²) in [6, 6.07) is 14.1. The molecule has 1 unspecified atom stereocenters. The van der Waals surface area contributed by atoms with E-state index < -0.39 is 0 Å². The van der Waals surface area contributed by atoms with Crippen molar-refractivity contribution < 1.29 is 13.9 Å². The van der Waals surface area contributed by atoms with E-state index in [1.807, 2.05) is 30.3 Å². The highest BCUT2D eigenvalue weighted by Crippen LogP contribution is 2.37. The number of esters is 1. The Morgan fingerprint density at radius 1 is 0.931 bits per heavy atom. The zero-order chi connectivity index (χ0) is 19.9. The van der Waals surface area contributed by atoms with Crippen molar-refractivity contribution in [3.05, 3.63) is 59.5 Å². The average Bonchev–Trinajstić information content (AvgIpc) is 3.22. The highest BCUT2D eigenvalue weighted by Gasteiger charge is 2.32. The molecule has 1 aliphatic carbocycles. The maximum absolute atomic E-state index is 13.1. The number of piperidine rings is 1. The van der Waals surface area contributed by atoms with Crippen LogP contribution in [0.3, 0.4) is 0 Å². The number of furan rings is 1. The first-order chi connectivity index (χ1) is 14.3. The number of carbonyl (C=O) groups is 1. The van der Waals surface area contributed by atoms with E-state index in [4.69, 9.17) is 9.15 Å². The molecule has 0 N–H and O–H groups in total. The van der Waals surface area contributed by atoms with Gasteiger partial charge in [-0.05, 0) is 62.4 Å². The van der Waals surface area contributed by atoms with Crippen molar-refractivity contribution >= 4 is 5.97 Å². The molecule has 2 aromatic rings. The number of hydrogen-bond acceptors (Lipinski definition) is 4. The van der Waals surface area contributed by atoms with E-state index in [1.54, 1.807) is 0 Å². The molecule has 29 heavy (non-hydrogen) atoms. The molecule has 0 bridgehead atoms. The summed E-state index contributed by atoms with van der Waals surface area (Å²) in [5.74, 6) is 1.80. The predicted molar refractivity (Wildman–Crippen MR) is 113 cm³/mol. The number of hydrogen-bond donors (Lipinski definition) is 0. The lowest BCUT2D eigenvalue weighted by Gasteiger charge is -2.29. The molecule has 1 aromatic heterocycles. The first-order valence-electron chi connectivity index (χ1n) is 11.3. The minimum Gasteiger partial charge on any atom is -0.461 e. The SMILES string of the molecule is O=C(OCc1ccc(CN2CCCCC2)o1)C(c1ccccc1)C1CCCCC1. The van der Waals surface area contributed by atoms with Crippen molar-refractivity contribution in [2.24, 2.45) is 5.92 Å². The second kappa shape index (κ2) is 10.1. The summed E-state index contributed by atoms with van der Waals surface area (Å²) in [6.07, 6.45) is 9.78. The van der Waals surface area contributed by atoms with Crippen molar-refractivity contribution in [3.8, 4) is 0 Å². The van der Waals surface area contributed by atoms with Gasteiger partial charge in [0, 0.05) is 0 Å². The van der Waals surface area contributed by atoms with Crippen LogP contribution in [0.2, 0.25) is 0 Å². The van der Waals surface area contributed by atoms with Gasteiger partial charge >= 0.3 is 5.97 Å². The largest absolute Gasteiger partial charge is 0.461 e. The monoisotopic (exact) mass is 395 g/mol. The summed E-state index contributed by atoms with van der Waals surface area (Å²) in [5, 5.41) is 0. The molecule has 1 aliphatic heterocycles. The van der Waals surface area contributed by atoms with Crippen LogP contribution in [0.1, 0.15) is 74.4 Å². The first kappa shape index (κ1) is 20.2. The summed E-state index contributed by atoms with van der Waals surface area (Å²) in [6.45, 7) is 3.36. The Morgan fingerprint density at radius 3 is 2.38 bits per heavy atom. The molecule has 2 fully saturated rings. The Bertz CT molecular complexity index is 757. The Morgan fingerprint density at radius 2 is 1.62 bits per heavy atom. The molecule has 0 spiro atoms. The highest BCUT2D eigenvalue weighted by atomic mass is 16.5. The third-order valence-electron chi connectivity index (χ3n) is 6.44. The molecule has 156 valence electrons. The molecule has 1 saturated carbocycles. The number of rotatable bonds is 7. The van der Waals surface area contributed by atoms with Gasteiger partial charge in [-0.25, -0.2) is 0 Å². The van der Waals surface area contributed by atoms with Gasteiger partial charge in [-0.1, -0.05) is 56.0 Å². The molecule has 1 aromatic carbocycles. The van der Waals surface area contributed by atoms with Crippen LogP contribution in [0.15, 0.2) is 46.9 Å². The lowest BCUT2D eigenvalue weighted by Crippen LogP contribution is -2.28. The third-order valence-corrected chi connectivity index (χ3v) is 6.44. The van der Waals surface area contributed by atoms with Gasteiger partial charge in [0.15, 0.2) is 0 Å². The fourth-order valence-corrected chi connectivity index (χ4v) is 4.88. The highest BCUT2D eigenvalue weighted by molar-refractivity contribution is 5.78. The Kier molecular flexibility index (Phi) is 7.04. The quantitative estimate of drug-likeness (QED) is 0.566. The fraction of sp³-hybridized carbons (Fsp3) is 0.560. The van der Waals surface area contributed by atoms with Gasteiger partial charge in [-0.15, -0.1) is 0 Å². The second-order valence-electron chi connectivity index (χ2n) is 8.60. The Labute approximate surface area is 174 Å². The maximum Gasteiger partial charge on any atom is 0.314 e. The normalized spacial score (nSPS) is 19.7. The van der Waals surface area contributed by atoms with Crippen LogP contribution in [0.25, 0.3) is 0 Å². The molecule has 0 amide bonds. The van der Waals surface area contributed by atoms with Crippen LogP contribution < -0.4 is 0 Å². The van der Waals surface area contributed by atoms with E-state index in [0.29, 0.717) is 5.92 Å². The van der Waals surface area contributed by atoms with Crippen LogP contribution in [-0.2, 0) is 22.7 Å². The average molecular weight is 396 g/mol. The summed E-state index contributed by atoms with van der Waals surface area (Å²) >= 11 is 0. The number of nitrogens with zero attached hydrogens (tertiary/aromatic N) is 1. The molecule has 4 rings (SSSR count). The Hall–Kier alpha value is -2.07. The van der Waals surface area contributed by atoms with Gasteiger partial charge in [-0.2, -0.15) is 0 Å². The van der Waals surface area contributed by atoms with E-state index in [0.717, 1.165) is 49.6 Å². The van der Waals surface area contributed by atoms with Gasteiger partial charge < -0.3 is 9.15 Å². The molecule has 1 atom stereocenters. The van der Waals surface area contributed by atoms with Crippen LogP contribution in [0, 0.1) is 5.92 Å². The summed E-state index contributed by atoms with van der Waals surface area (Å²) in [5.41, 5.74) is 1.08. The topological polar surface area (TPSA) is 42.7 Å². The standard InChI is InChI=1S/C25H33NO3/c27-25(24(20-10-4-1-5-11-20)21-12-6-2-7-13-21)28-19-23-15-14-22(29-23)18-26-16-8-3-9-17-26/h1,4-5,10-11,14-15,21,24H,2-3,6-9,12-13,16-19H2. The summed E-state index contributed by atoms with van der Waals surface area (Å²) in [7, 11) is 0. The Balaban J connectivity index is 1.36. The molecule has 2 heterocycles. The molecule has 4 nitrogen and oxygen atoms in total. The van der Waals surface area contributed by atoms with Gasteiger partial charge in [0.2, 0.25) is 0 Å². The molecule has 2 aliphatic rings. The van der Waals surface area contributed by atoms with Crippen molar-refractivity contribution in [1.29, 1.82) is 0 Å². The molecule has 0 radical (unpaired) electrons. The van der Waals surface area contributed by atoms with Crippen LogP contribution in [0.5, 0.6) is 0 Å². The zero-order valence-electron chi connectivity index (χ0n) is 17.4. The number of benzene rings is 1. The molecular formula is C25H33NO3. The smallest absolute Gasteiger partial charge is 0.314 e. The maximum atomic E-state index is 13.1. The minimum atomic E-state index is -0.167. The van der Waals surface area contributed by atoms with E-state index in [9.17, 15) is 4.79 Å². The van der Waals surface area contributed by atoms with Gasteiger partial charge in [-0.3, -0.25) is 9.69 Å².